The third-order valence-electron chi connectivity index (χ3n) is 2.75. The van der Waals surface area contributed by atoms with E-state index in [0.717, 1.165) is 5.56 Å². The predicted molar refractivity (Wildman–Crippen MR) is 84.7 cm³/mol. The van der Waals surface area contributed by atoms with Gasteiger partial charge in [0.15, 0.2) is 5.96 Å². The van der Waals surface area contributed by atoms with Crippen molar-refractivity contribution >= 4 is 18.0 Å². The van der Waals surface area contributed by atoms with Gasteiger partial charge in [-0.3, -0.25) is 4.99 Å². The van der Waals surface area contributed by atoms with Crippen molar-refractivity contribution in [2.75, 3.05) is 6.54 Å². The Morgan fingerprint density at radius 1 is 1.26 bits per heavy atom. The van der Waals surface area contributed by atoms with Gasteiger partial charge in [-0.05, 0) is 18.4 Å². The van der Waals surface area contributed by atoms with Gasteiger partial charge in [-0.15, -0.1) is 0 Å². The number of nitrogens with two attached hydrogens (primary N) is 2. The van der Waals surface area contributed by atoms with E-state index in [1.807, 2.05) is 18.2 Å². The number of ether oxygens (including phenoxy) is 1. The molecule has 128 valence electrons. The fourth-order valence-electron chi connectivity index (χ4n) is 1.67. The second kappa shape index (κ2) is 10.9. The molecule has 1 atom stereocenters. The Kier molecular flexibility index (Phi) is 9.53. The van der Waals surface area contributed by atoms with E-state index >= 15 is 0 Å². The number of nitrogens with zero attached hydrogens (tertiary/aromatic N) is 1. The van der Waals surface area contributed by atoms with Crippen LogP contribution in [0.15, 0.2) is 35.3 Å². The van der Waals surface area contributed by atoms with Gasteiger partial charge < -0.3 is 32.1 Å². The lowest BCUT2D eigenvalue weighted by atomic mass is 10.1. The fraction of sp³-hybridized carbons (Fsp3) is 0.357. The second-order valence-electron chi connectivity index (χ2n) is 4.55. The van der Waals surface area contributed by atoms with Crippen LogP contribution >= 0.6 is 0 Å². The Balaban J connectivity index is 0.00000484. The largest absolute Gasteiger partial charge is 0.480 e. The van der Waals surface area contributed by atoms with E-state index in [2.05, 4.69) is 10.3 Å². The van der Waals surface area contributed by atoms with E-state index in [-0.39, 0.29) is 24.5 Å². The molecule has 1 aromatic carbocycles. The highest BCUT2D eigenvalue weighted by atomic mass is 16.5. The van der Waals surface area contributed by atoms with E-state index in [1.165, 1.54) is 0 Å². The van der Waals surface area contributed by atoms with Crippen molar-refractivity contribution in [3.8, 4) is 0 Å². The molecule has 0 heterocycles. The number of hydrogen-bond acceptors (Lipinski definition) is 4. The van der Waals surface area contributed by atoms with Gasteiger partial charge in [-0.25, -0.2) is 9.59 Å². The molecular weight excluding hydrogens is 304 g/mol. The monoisotopic (exact) mass is 326 g/mol. The summed E-state index contributed by atoms with van der Waals surface area (Å²) in [4.78, 5) is 26.4. The van der Waals surface area contributed by atoms with Gasteiger partial charge >= 0.3 is 12.1 Å². The molecule has 9 nitrogen and oxygen atoms in total. The molecule has 0 aliphatic rings. The summed E-state index contributed by atoms with van der Waals surface area (Å²) in [6, 6.07) is 8.05. The van der Waals surface area contributed by atoms with E-state index in [4.69, 9.17) is 21.3 Å². The SMILES string of the molecule is NC(N)=NCCC[C@@H](NC(=O)OCc1ccccc1)C(=O)O.O. The first-order chi connectivity index (χ1) is 10.5. The smallest absolute Gasteiger partial charge is 0.408 e. The fourth-order valence-corrected chi connectivity index (χ4v) is 1.67. The van der Waals surface area contributed by atoms with Gasteiger partial charge in [-0.2, -0.15) is 0 Å². The van der Waals surface area contributed by atoms with Gasteiger partial charge in [0.2, 0.25) is 0 Å². The lowest BCUT2D eigenvalue weighted by Crippen LogP contribution is -2.41. The standard InChI is InChI=1S/C14H20N4O4.H2O/c15-13(16)17-8-4-7-11(12(19)20)18-14(21)22-9-10-5-2-1-3-6-10;/h1-3,5-6,11H,4,7-9H2,(H,18,21)(H,19,20)(H4,15,16,17);1H2/t11-;/m1./s1. The van der Waals surface area contributed by atoms with Gasteiger partial charge in [0.25, 0.3) is 0 Å². The van der Waals surface area contributed by atoms with Crippen molar-refractivity contribution in [1.29, 1.82) is 0 Å². The molecule has 0 saturated carbocycles. The summed E-state index contributed by atoms with van der Waals surface area (Å²) in [5.74, 6) is -1.19. The van der Waals surface area contributed by atoms with E-state index in [9.17, 15) is 9.59 Å². The maximum atomic E-state index is 11.6. The van der Waals surface area contributed by atoms with Crippen LogP contribution in [0.5, 0.6) is 0 Å². The Bertz CT molecular complexity index is 517. The molecule has 0 unspecified atom stereocenters. The summed E-state index contributed by atoms with van der Waals surface area (Å²) in [5, 5.41) is 11.4. The Hall–Kier alpha value is -2.81. The normalized spacial score (nSPS) is 10.8. The number of rotatable bonds is 8. The average molecular weight is 326 g/mol. The van der Waals surface area contributed by atoms with Crippen LogP contribution in [0, 0.1) is 0 Å². The maximum Gasteiger partial charge on any atom is 0.408 e. The van der Waals surface area contributed by atoms with Crippen molar-refractivity contribution < 1.29 is 24.9 Å². The van der Waals surface area contributed by atoms with E-state index in [1.54, 1.807) is 12.1 Å². The number of carbonyl (C=O) groups excluding carboxylic acids is 1. The van der Waals surface area contributed by atoms with Crippen molar-refractivity contribution in [3.05, 3.63) is 35.9 Å². The molecule has 0 aliphatic carbocycles. The first kappa shape index (κ1) is 20.2. The van der Waals surface area contributed by atoms with Crippen LogP contribution in [0.1, 0.15) is 18.4 Å². The number of carboxylic acid groups (broad SMARTS) is 1. The first-order valence-corrected chi connectivity index (χ1v) is 6.74. The summed E-state index contributed by atoms with van der Waals surface area (Å²) in [6.07, 6.45) is -0.154. The lowest BCUT2D eigenvalue weighted by Gasteiger charge is -2.14. The van der Waals surface area contributed by atoms with Crippen LogP contribution in [-0.4, -0.2) is 41.2 Å². The quantitative estimate of drug-likeness (QED) is 0.287. The van der Waals surface area contributed by atoms with Gasteiger partial charge in [0.1, 0.15) is 12.6 Å². The number of carbonyl (C=O) groups is 2. The number of nitrogens with one attached hydrogen (secondary N) is 1. The molecule has 9 heteroatoms. The van der Waals surface area contributed by atoms with E-state index < -0.39 is 18.1 Å². The molecular formula is C14H22N4O5. The minimum atomic E-state index is -1.14. The molecule has 23 heavy (non-hydrogen) atoms. The number of aliphatic imine (C=N–C) groups is 1. The molecule has 1 amide bonds. The Morgan fingerprint density at radius 3 is 2.48 bits per heavy atom. The van der Waals surface area contributed by atoms with Gasteiger partial charge in [-0.1, -0.05) is 30.3 Å². The highest BCUT2D eigenvalue weighted by molar-refractivity contribution is 5.79. The highest BCUT2D eigenvalue weighted by Gasteiger charge is 2.20. The van der Waals surface area contributed by atoms with Crippen molar-refractivity contribution in [1.82, 2.24) is 5.32 Å². The van der Waals surface area contributed by atoms with Crippen molar-refractivity contribution in [2.45, 2.75) is 25.5 Å². The highest BCUT2D eigenvalue weighted by Crippen LogP contribution is 2.03. The summed E-state index contributed by atoms with van der Waals surface area (Å²) < 4.78 is 4.97. The molecule has 0 fully saturated rings. The number of alkyl carbamates (subject to hydrolysis) is 1. The lowest BCUT2D eigenvalue weighted by molar-refractivity contribution is -0.139. The summed E-state index contributed by atoms with van der Waals surface area (Å²) in [7, 11) is 0. The Labute approximate surface area is 133 Å². The van der Waals surface area contributed by atoms with Crippen LogP contribution in [0.25, 0.3) is 0 Å². The molecule has 1 aromatic rings. The molecule has 0 saturated heterocycles. The number of amides is 1. The summed E-state index contributed by atoms with van der Waals surface area (Å²) in [5.41, 5.74) is 11.1. The third-order valence-corrected chi connectivity index (χ3v) is 2.75. The van der Waals surface area contributed by atoms with Gasteiger partial charge in [0.05, 0.1) is 0 Å². The van der Waals surface area contributed by atoms with Crippen molar-refractivity contribution in [2.24, 2.45) is 16.5 Å². The molecule has 1 rings (SSSR count). The maximum absolute atomic E-state index is 11.6. The molecule has 0 aromatic heterocycles. The van der Waals surface area contributed by atoms with E-state index in [0.29, 0.717) is 13.0 Å². The van der Waals surface area contributed by atoms with Crippen LogP contribution in [-0.2, 0) is 16.1 Å². The second-order valence-corrected chi connectivity index (χ2v) is 4.55. The average Bonchev–Trinajstić information content (AvgIpc) is 2.48. The molecule has 8 N–H and O–H groups in total. The first-order valence-electron chi connectivity index (χ1n) is 6.74. The molecule has 0 aliphatic heterocycles. The zero-order valence-electron chi connectivity index (χ0n) is 12.6. The zero-order chi connectivity index (χ0) is 16.4. The molecule has 0 radical (unpaired) electrons. The number of hydrogen-bond donors (Lipinski definition) is 4. The van der Waals surface area contributed by atoms with Crippen LogP contribution < -0.4 is 16.8 Å². The van der Waals surface area contributed by atoms with Crippen LogP contribution in [0.4, 0.5) is 4.79 Å². The topological polar surface area (TPSA) is 172 Å². The Morgan fingerprint density at radius 2 is 1.91 bits per heavy atom. The summed E-state index contributed by atoms with van der Waals surface area (Å²) >= 11 is 0. The predicted octanol–water partition coefficient (Wildman–Crippen LogP) is -0.405. The van der Waals surface area contributed by atoms with Gasteiger partial charge in [0, 0.05) is 6.54 Å². The number of carboxylic acids is 1. The molecule has 0 bridgehead atoms. The van der Waals surface area contributed by atoms with Crippen LogP contribution in [0.2, 0.25) is 0 Å². The van der Waals surface area contributed by atoms with Crippen molar-refractivity contribution in [3.63, 3.8) is 0 Å². The third kappa shape index (κ3) is 8.94. The van der Waals surface area contributed by atoms with Crippen LogP contribution in [0.3, 0.4) is 0 Å². The summed E-state index contributed by atoms with van der Waals surface area (Å²) in [6.45, 7) is 0.375. The number of guanidine groups is 1. The zero-order valence-corrected chi connectivity index (χ0v) is 12.6. The number of aliphatic carboxylic acids is 1. The number of benzene rings is 1. The molecule has 0 spiro atoms. The minimum Gasteiger partial charge on any atom is -0.480 e. The minimum absolute atomic E-state index is 0.